The molecule has 1 aliphatic heterocycles. The van der Waals surface area contributed by atoms with E-state index in [4.69, 9.17) is 12.2 Å². The summed E-state index contributed by atoms with van der Waals surface area (Å²) in [4.78, 5) is 20.5. The van der Waals surface area contributed by atoms with E-state index in [0.717, 1.165) is 41.7 Å². The third kappa shape index (κ3) is 4.17. The molecule has 0 unspecified atom stereocenters. The number of nitrogens with one attached hydrogen (secondary N) is 2. The number of thiocarbonyl (C=S) groups is 1. The first-order chi connectivity index (χ1) is 12.9. The van der Waals surface area contributed by atoms with Gasteiger partial charge in [0.25, 0.3) is 5.56 Å². The average molecular weight is 387 g/mol. The summed E-state index contributed by atoms with van der Waals surface area (Å²) in [6.45, 7) is 9.89. The van der Waals surface area contributed by atoms with Crippen molar-refractivity contribution in [3.8, 4) is 0 Å². The molecule has 1 saturated heterocycles. The molecule has 0 spiro atoms. The zero-order valence-corrected chi connectivity index (χ0v) is 17.6. The van der Waals surface area contributed by atoms with E-state index in [9.17, 15) is 4.79 Å². The number of fused-ring (bicyclic) bond motifs is 1. The van der Waals surface area contributed by atoms with Crippen molar-refractivity contribution in [2.24, 2.45) is 0 Å². The molecule has 146 valence electrons. The van der Waals surface area contributed by atoms with Gasteiger partial charge in [-0.25, -0.2) is 0 Å². The highest BCUT2D eigenvalue weighted by Gasteiger charge is 2.26. The molecule has 1 fully saturated rings. The molecule has 1 aromatic heterocycles. The fourth-order valence-corrected chi connectivity index (χ4v) is 4.18. The van der Waals surface area contributed by atoms with Crippen molar-refractivity contribution in [1.82, 2.24) is 20.1 Å². The molecule has 1 aromatic carbocycles. The van der Waals surface area contributed by atoms with Crippen molar-refractivity contribution in [3.63, 3.8) is 0 Å². The predicted octanol–water partition coefficient (Wildman–Crippen LogP) is 2.94. The Balaban J connectivity index is 1.89. The Bertz CT molecular complexity index is 892. The van der Waals surface area contributed by atoms with E-state index in [1.54, 1.807) is 0 Å². The minimum Gasteiger partial charge on any atom is -0.366 e. The molecule has 0 amide bonds. The van der Waals surface area contributed by atoms with Gasteiger partial charge in [-0.2, -0.15) is 0 Å². The Labute approximate surface area is 166 Å². The van der Waals surface area contributed by atoms with Gasteiger partial charge in [0.1, 0.15) is 0 Å². The fourth-order valence-electron chi connectivity index (χ4n) is 4.04. The molecule has 5 nitrogen and oxygen atoms in total. The second kappa shape index (κ2) is 8.40. The number of pyridine rings is 1. The topological polar surface area (TPSA) is 51.4 Å². The normalized spacial score (nSPS) is 17.4. The van der Waals surface area contributed by atoms with Crippen LogP contribution in [0.15, 0.2) is 23.0 Å². The van der Waals surface area contributed by atoms with E-state index in [1.165, 1.54) is 18.4 Å². The third-order valence-electron chi connectivity index (χ3n) is 5.83. The number of aromatic nitrogens is 1. The molecular formula is C21H30N4OS. The van der Waals surface area contributed by atoms with E-state index in [1.807, 2.05) is 13.1 Å². The highest BCUT2D eigenvalue weighted by Crippen LogP contribution is 2.21. The summed E-state index contributed by atoms with van der Waals surface area (Å²) in [5.74, 6) is 0. The minimum atomic E-state index is -0.0288. The first-order valence-corrected chi connectivity index (χ1v) is 10.2. The molecule has 1 aliphatic rings. The molecule has 3 rings (SSSR count). The maximum atomic E-state index is 12.7. The predicted molar refractivity (Wildman–Crippen MR) is 116 cm³/mol. The van der Waals surface area contributed by atoms with Crippen LogP contribution in [0.1, 0.15) is 36.5 Å². The van der Waals surface area contributed by atoms with Crippen LogP contribution in [0.25, 0.3) is 10.9 Å². The summed E-state index contributed by atoms with van der Waals surface area (Å²) in [5, 5.41) is 4.85. The fraction of sp³-hybridized carbons (Fsp3) is 0.524. The number of rotatable bonds is 5. The summed E-state index contributed by atoms with van der Waals surface area (Å²) in [6, 6.07) is 6.69. The zero-order valence-electron chi connectivity index (χ0n) is 16.8. The van der Waals surface area contributed by atoms with Crippen LogP contribution in [0.3, 0.4) is 0 Å². The number of likely N-dealkylation sites (N-methyl/N-ethyl adjacent to an activating group) is 1. The van der Waals surface area contributed by atoms with Gasteiger partial charge in [-0.05, 0) is 74.6 Å². The second-order valence-corrected chi connectivity index (χ2v) is 7.84. The molecular weight excluding hydrogens is 356 g/mol. The van der Waals surface area contributed by atoms with Crippen molar-refractivity contribution in [2.45, 2.75) is 46.2 Å². The number of hydrogen-bond donors (Lipinski definition) is 2. The van der Waals surface area contributed by atoms with Crippen LogP contribution < -0.4 is 10.9 Å². The molecule has 0 saturated carbocycles. The number of H-pyrrole nitrogens is 1. The lowest BCUT2D eigenvalue weighted by molar-refractivity contribution is 0.219. The van der Waals surface area contributed by atoms with E-state index in [0.29, 0.717) is 17.7 Å². The number of aromatic amines is 1. The van der Waals surface area contributed by atoms with Crippen LogP contribution >= 0.6 is 12.2 Å². The van der Waals surface area contributed by atoms with E-state index >= 15 is 0 Å². The molecule has 0 radical (unpaired) electrons. The highest BCUT2D eigenvalue weighted by molar-refractivity contribution is 7.80. The van der Waals surface area contributed by atoms with Gasteiger partial charge in [0.05, 0.1) is 12.1 Å². The largest absolute Gasteiger partial charge is 0.366 e. The second-order valence-electron chi connectivity index (χ2n) is 7.46. The molecule has 27 heavy (non-hydrogen) atoms. The number of benzene rings is 1. The van der Waals surface area contributed by atoms with Crippen molar-refractivity contribution >= 4 is 28.2 Å². The molecule has 1 atom stereocenters. The Kier molecular flexibility index (Phi) is 6.17. The number of hydrogen-bond acceptors (Lipinski definition) is 3. The summed E-state index contributed by atoms with van der Waals surface area (Å²) < 4.78 is 0. The zero-order chi connectivity index (χ0) is 19.6. The summed E-state index contributed by atoms with van der Waals surface area (Å²) >= 11 is 5.55. The maximum Gasteiger partial charge on any atom is 0.253 e. The Morgan fingerprint density at radius 2 is 2.19 bits per heavy atom. The van der Waals surface area contributed by atoms with Crippen LogP contribution in [0.5, 0.6) is 0 Å². The van der Waals surface area contributed by atoms with Crippen molar-refractivity contribution in [2.75, 3.05) is 26.7 Å². The Morgan fingerprint density at radius 3 is 2.89 bits per heavy atom. The summed E-state index contributed by atoms with van der Waals surface area (Å²) in [6.07, 6.45) is 2.41. The molecule has 2 aromatic rings. The maximum absolute atomic E-state index is 12.7. The van der Waals surface area contributed by atoms with E-state index in [-0.39, 0.29) is 5.56 Å². The van der Waals surface area contributed by atoms with E-state index < -0.39 is 0 Å². The van der Waals surface area contributed by atoms with Crippen LogP contribution in [-0.4, -0.2) is 52.6 Å². The average Bonchev–Trinajstić information content (AvgIpc) is 3.12. The van der Waals surface area contributed by atoms with Crippen molar-refractivity contribution in [1.29, 1.82) is 0 Å². The lowest BCUT2D eigenvalue weighted by Crippen LogP contribution is -2.46. The third-order valence-corrected chi connectivity index (χ3v) is 6.29. The standard InChI is InChI=1S/C21H30N4OS/c1-5-24-10-6-7-18(24)13-25(21(27)22-4)12-17-11-16-9-8-14(2)15(3)19(16)23-20(17)26/h8-9,11,18H,5-7,10,12-13H2,1-4H3,(H,22,27)(H,23,26)/t18-/m0/s1. The van der Waals surface area contributed by atoms with Gasteiger partial charge in [-0.3, -0.25) is 9.69 Å². The van der Waals surface area contributed by atoms with Gasteiger partial charge in [-0.1, -0.05) is 19.1 Å². The number of nitrogens with zero attached hydrogens (tertiary/aromatic N) is 2. The number of aryl methyl sites for hydroxylation is 2. The summed E-state index contributed by atoms with van der Waals surface area (Å²) in [5.41, 5.74) is 3.97. The van der Waals surface area contributed by atoms with Gasteiger partial charge in [0, 0.05) is 25.2 Å². The van der Waals surface area contributed by atoms with Gasteiger partial charge >= 0.3 is 0 Å². The highest BCUT2D eigenvalue weighted by atomic mass is 32.1. The quantitative estimate of drug-likeness (QED) is 0.774. The van der Waals surface area contributed by atoms with Crippen molar-refractivity contribution < 1.29 is 0 Å². The summed E-state index contributed by atoms with van der Waals surface area (Å²) in [7, 11) is 1.85. The van der Waals surface area contributed by atoms with Crippen molar-refractivity contribution in [3.05, 3.63) is 45.2 Å². The molecule has 0 aliphatic carbocycles. The lowest BCUT2D eigenvalue weighted by Gasteiger charge is -2.31. The Morgan fingerprint density at radius 1 is 1.41 bits per heavy atom. The molecule has 0 bridgehead atoms. The van der Waals surface area contributed by atoms with Gasteiger partial charge < -0.3 is 15.2 Å². The van der Waals surface area contributed by atoms with E-state index in [2.05, 4.69) is 53.0 Å². The SMILES string of the molecule is CCN1CCC[C@H]1CN(Cc1cc2ccc(C)c(C)c2[nH]c1=O)C(=S)NC. The van der Waals surface area contributed by atoms with Crippen LogP contribution in [0, 0.1) is 13.8 Å². The van der Waals surface area contributed by atoms with Gasteiger partial charge in [0.2, 0.25) is 0 Å². The van der Waals surface area contributed by atoms with Crippen LogP contribution in [0.2, 0.25) is 0 Å². The first kappa shape index (κ1) is 19.8. The van der Waals surface area contributed by atoms with Gasteiger partial charge in [0.15, 0.2) is 5.11 Å². The lowest BCUT2D eigenvalue weighted by atomic mass is 10.0. The van der Waals surface area contributed by atoms with Crippen LogP contribution in [0.4, 0.5) is 0 Å². The molecule has 2 heterocycles. The Hall–Kier alpha value is -1.92. The first-order valence-electron chi connectivity index (χ1n) is 9.77. The number of likely N-dealkylation sites (tertiary alicyclic amines) is 1. The van der Waals surface area contributed by atoms with Crippen LogP contribution in [-0.2, 0) is 6.54 Å². The molecule has 2 N–H and O–H groups in total. The monoisotopic (exact) mass is 386 g/mol. The molecule has 6 heteroatoms. The smallest absolute Gasteiger partial charge is 0.253 e. The van der Waals surface area contributed by atoms with Gasteiger partial charge in [-0.15, -0.1) is 0 Å². The minimum absolute atomic E-state index is 0.0288.